The molecule has 5 nitrogen and oxygen atoms in total. The van der Waals surface area contributed by atoms with Gasteiger partial charge in [0.2, 0.25) is 0 Å². The molecule has 0 saturated heterocycles. The predicted molar refractivity (Wildman–Crippen MR) is 81.3 cm³/mol. The number of hydrogen-bond acceptors (Lipinski definition) is 4. The molecule has 0 unspecified atom stereocenters. The summed E-state index contributed by atoms with van der Waals surface area (Å²) in [5.41, 5.74) is 7.23. The number of nitrogens with two attached hydrogens (primary N) is 1. The van der Waals surface area contributed by atoms with Gasteiger partial charge in [-0.2, -0.15) is 5.10 Å². The standard InChI is InChI=1S/C14H18FN3O2.ClH/c1-19-6-7-20-14-8-11(2-3-13(14)15)12-9-17-18(10-12)5-4-16;/h2-3,8-10H,4-7,16H2,1H3;1H. The fourth-order valence-corrected chi connectivity index (χ4v) is 1.80. The molecule has 1 aromatic carbocycles. The lowest BCUT2D eigenvalue weighted by molar-refractivity contribution is 0.144. The van der Waals surface area contributed by atoms with Crippen LogP contribution in [0.5, 0.6) is 5.75 Å². The maximum atomic E-state index is 13.6. The van der Waals surface area contributed by atoms with E-state index in [1.807, 2.05) is 6.20 Å². The van der Waals surface area contributed by atoms with Gasteiger partial charge in [-0.25, -0.2) is 4.39 Å². The Labute approximate surface area is 129 Å². The molecule has 0 spiro atoms. The van der Waals surface area contributed by atoms with E-state index in [0.29, 0.717) is 26.3 Å². The van der Waals surface area contributed by atoms with E-state index in [9.17, 15) is 4.39 Å². The van der Waals surface area contributed by atoms with Gasteiger partial charge in [-0.15, -0.1) is 12.4 Å². The van der Waals surface area contributed by atoms with Crippen molar-refractivity contribution in [1.82, 2.24) is 9.78 Å². The topological polar surface area (TPSA) is 62.3 Å². The van der Waals surface area contributed by atoms with Crippen LogP contribution in [0.2, 0.25) is 0 Å². The van der Waals surface area contributed by atoms with Gasteiger partial charge < -0.3 is 15.2 Å². The molecule has 1 aromatic heterocycles. The molecule has 0 bridgehead atoms. The minimum atomic E-state index is -0.390. The minimum absolute atomic E-state index is 0. The molecule has 0 saturated carbocycles. The zero-order chi connectivity index (χ0) is 14.4. The molecule has 2 rings (SSSR count). The molecular formula is C14H19ClFN3O2. The Hall–Kier alpha value is -1.63. The van der Waals surface area contributed by atoms with Crippen LogP contribution in [-0.2, 0) is 11.3 Å². The van der Waals surface area contributed by atoms with Gasteiger partial charge in [0, 0.05) is 25.4 Å². The summed E-state index contributed by atoms with van der Waals surface area (Å²) in [6, 6.07) is 4.74. The van der Waals surface area contributed by atoms with Crippen molar-refractivity contribution in [3.8, 4) is 16.9 Å². The SMILES string of the molecule is COCCOc1cc(-c2cnn(CCN)c2)ccc1F.Cl. The van der Waals surface area contributed by atoms with E-state index in [2.05, 4.69) is 5.10 Å². The van der Waals surface area contributed by atoms with Crippen molar-refractivity contribution in [2.75, 3.05) is 26.9 Å². The molecule has 2 aromatic rings. The average Bonchev–Trinajstić information content (AvgIpc) is 2.90. The van der Waals surface area contributed by atoms with E-state index in [0.717, 1.165) is 11.1 Å². The monoisotopic (exact) mass is 315 g/mol. The van der Waals surface area contributed by atoms with E-state index < -0.39 is 0 Å². The van der Waals surface area contributed by atoms with Gasteiger partial charge >= 0.3 is 0 Å². The maximum absolute atomic E-state index is 13.6. The Bertz CT molecular complexity index is 563. The molecule has 2 N–H and O–H groups in total. The van der Waals surface area contributed by atoms with Gasteiger partial charge in [0.25, 0.3) is 0 Å². The number of aromatic nitrogens is 2. The highest BCUT2D eigenvalue weighted by Crippen LogP contribution is 2.26. The number of hydrogen-bond donors (Lipinski definition) is 1. The van der Waals surface area contributed by atoms with Crippen molar-refractivity contribution in [2.24, 2.45) is 5.73 Å². The molecule has 0 fully saturated rings. The second kappa shape index (κ2) is 8.61. The fraction of sp³-hybridized carbons (Fsp3) is 0.357. The second-order valence-corrected chi connectivity index (χ2v) is 4.27. The van der Waals surface area contributed by atoms with Crippen molar-refractivity contribution in [1.29, 1.82) is 0 Å². The van der Waals surface area contributed by atoms with Crippen LogP contribution in [-0.4, -0.2) is 36.6 Å². The lowest BCUT2D eigenvalue weighted by Gasteiger charge is -2.08. The number of methoxy groups -OCH3 is 1. The van der Waals surface area contributed by atoms with Crippen molar-refractivity contribution < 1.29 is 13.9 Å². The second-order valence-electron chi connectivity index (χ2n) is 4.27. The van der Waals surface area contributed by atoms with Crippen LogP contribution in [0.15, 0.2) is 30.6 Å². The summed E-state index contributed by atoms with van der Waals surface area (Å²) in [7, 11) is 1.57. The largest absolute Gasteiger partial charge is 0.488 e. The molecule has 0 radical (unpaired) electrons. The van der Waals surface area contributed by atoms with Crippen LogP contribution in [0.1, 0.15) is 0 Å². The Morgan fingerprint density at radius 3 is 2.81 bits per heavy atom. The molecule has 116 valence electrons. The zero-order valence-corrected chi connectivity index (χ0v) is 12.6. The first kappa shape index (κ1) is 17.4. The molecule has 0 aliphatic rings. The van der Waals surface area contributed by atoms with Gasteiger partial charge in [-0.05, 0) is 17.7 Å². The third kappa shape index (κ3) is 4.70. The summed E-state index contributed by atoms with van der Waals surface area (Å²) < 4.78 is 25.6. The van der Waals surface area contributed by atoms with Gasteiger partial charge in [0.05, 0.1) is 19.3 Å². The fourth-order valence-electron chi connectivity index (χ4n) is 1.80. The molecule has 21 heavy (non-hydrogen) atoms. The molecule has 0 aliphatic carbocycles. The maximum Gasteiger partial charge on any atom is 0.165 e. The van der Waals surface area contributed by atoms with Crippen molar-refractivity contribution in [3.05, 3.63) is 36.4 Å². The minimum Gasteiger partial charge on any atom is -0.488 e. The van der Waals surface area contributed by atoms with Gasteiger partial charge in [-0.3, -0.25) is 4.68 Å². The quantitative estimate of drug-likeness (QED) is 0.795. The summed E-state index contributed by atoms with van der Waals surface area (Å²) in [4.78, 5) is 0. The van der Waals surface area contributed by atoms with E-state index in [-0.39, 0.29) is 24.0 Å². The average molecular weight is 316 g/mol. The van der Waals surface area contributed by atoms with Gasteiger partial charge in [0.15, 0.2) is 11.6 Å². The Kier molecular flexibility index (Phi) is 7.14. The zero-order valence-electron chi connectivity index (χ0n) is 11.8. The van der Waals surface area contributed by atoms with Crippen molar-refractivity contribution in [3.63, 3.8) is 0 Å². The third-order valence-corrected chi connectivity index (χ3v) is 2.80. The first-order valence-electron chi connectivity index (χ1n) is 6.38. The Balaban J connectivity index is 0.00000220. The van der Waals surface area contributed by atoms with Crippen LogP contribution < -0.4 is 10.5 Å². The summed E-state index contributed by atoms with van der Waals surface area (Å²) in [6.45, 7) is 1.90. The van der Waals surface area contributed by atoms with Crippen molar-refractivity contribution >= 4 is 12.4 Å². The molecule has 0 amide bonds. The van der Waals surface area contributed by atoms with E-state index in [4.69, 9.17) is 15.2 Å². The first-order chi connectivity index (χ1) is 9.74. The van der Waals surface area contributed by atoms with E-state index in [1.54, 1.807) is 30.1 Å². The summed E-state index contributed by atoms with van der Waals surface area (Å²) in [5.74, 6) is -0.176. The van der Waals surface area contributed by atoms with Gasteiger partial charge in [-0.1, -0.05) is 6.07 Å². The highest BCUT2D eigenvalue weighted by molar-refractivity contribution is 5.85. The summed E-state index contributed by atoms with van der Waals surface area (Å²) >= 11 is 0. The van der Waals surface area contributed by atoms with Crippen LogP contribution >= 0.6 is 12.4 Å². The molecule has 1 heterocycles. The number of benzene rings is 1. The highest BCUT2D eigenvalue weighted by atomic mass is 35.5. The number of rotatable bonds is 7. The van der Waals surface area contributed by atoms with Crippen LogP contribution in [0.25, 0.3) is 11.1 Å². The normalized spacial score (nSPS) is 10.2. The first-order valence-corrected chi connectivity index (χ1v) is 6.38. The molecular weight excluding hydrogens is 297 g/mol. The Morgan fingerprint density at radius 2 is 2.10 bits per heavy atom. The molecule has 0 atom stereocenters. The van der Waals surface area contributed by atoms with Crippen LogP contribution in [0, 0.1) is 5.82 Å². The Morgan fingerprint density at radius 1 is 1.29 bits per heavy atom. The number of halogens is 2. The van der Waals surface area contributed by atoms with Crippen molar-refractivity contribution in [2.45, 2.75) is 6.54 Å². The summed E-state index contributed by atoms with van der Waals surface area (Å²) in [5, 5.41) is 4.19. The number of nitrogens with zero attached hydrogens (tertiary/aromatic N) is 2. The third-order valence-electron chi connectivity index (χ3n) is 2.80. The summed E-state index contributed by atoms with van der Waals surface area (Å²) in [6.07, 6.45) is 3.60. The van der Waals surface area contributed by atoms with Gasteiger partial charge in [0.1, 0.15) is 6.61 Å². The van der Waals surface area contributed by atoms with E-state index in [1.165, 1.54) is 6.07 Å². The smallest absolute Gasteiger partial charge is 0.165 e. The lowest BCUT2D eigenvalue weighted by Crippen LogP contribution is -2.09. The molecule has 0 aliphatic heterocycles. The number of ether oxygens (including phenoxy) is 2. The van der Waals surface area contributed by atoms with Crippen LogP contribution in [0.3, 0.4) is 0 Å². The predicted octanol–water partition coefficient (Wildman–Crippen LogP) is 2.09. The molecule has 7 heteroatoms. The van der Waals surface area contributed by atoms with E-state index >= 15 is 0 Å². The highest BCUT2D eigenvalue weighted by Gasteiger charge is 2.08. The van der Waals surface area contributed by atoms with Crippen LogP contribution in [0.4, 0.5) is 4.39 Å². The lowest BCUT2D eigenvalue weighted by atomic mass is 10.1.